The number of benzene rings is 1. The van der Waals surface area contributed by atoms with Gasteiger partial charge >= 0.3 is 0 Å². The summed E-state index contributed by atoms with van der Waals surface area (Å²) in [5.41, 5.74) is 5.30. The smallest absolute Gasteiger partial charge is 0.122 e. The molecule has 0 aromatic heterocycles. The molecule has 2 atom stereocenters. The van der Waals surface area contributed by atoms with Crippen molar-refractivity contribution in [2.75, 3.05) is 53.4 Å². The molecule has 3 rings (SSSR count). The quantitative estimate of drug-likeness (QED) is 0.195. The molecule has 0 radical (unpaired) electrons. The Morgan fingerprint density at radius 2 is 2.03 bits per heavy atom. The first kappa shape index (κ1) is 29.2. The Morgan fingerprint density at radius 3 is 2.78 bits per heavy atom. The number of likely N-dealkylation sites (tertiary alicyclic amines) is 1. The van der Waals surface area contributed by atoms with Crippen molar-refractivity contribution in [3.8, 4) is 5.75 Å². The van der Waals surface area contributed by atoms with Gasteiger partial charge in [-0.1, -0.05) is 44.7 Å². The molecule has 2 heterocycles. The minimum atomic E-state index is 0.537. The van der Waals surface area contributed by atoms with Crippen LogP contribution in [0.5, 0.6) is 5.75 Å². The Kier molecular flexibility index (Phi) is 11.9. The second-order valence-electron chi connectivity index (χ2n) is 11.0. The first-order valence-electron chi connectivity index (χ1n) is 14.3. The molecule has 1 saturated heterocycles. The summed E-state index contributed by atoms with van der Waals surface area (Å²) < 4.78 is 5.77. The minimum Gasteiger partial charge on any atom is -0.493 e. The Labute approximate surface area is 226 Å². The zero-order valence-corrected chi connectivity index (χ0v) is 23.9. The number of rotatable bonds is 16. The monoisotopic (exact) mass is 506 g/mol. The average molecular weight is 507 g/mol. The van der Waals surface area contributed by atoms with Gasteiger partial charge in [0, 0.05) is 56.3 Å². The van der Waals surface area contributed by atoms with Gasteiger partial charge in [-0.05, 0) is 88.9 Å². The summed E-state index contributed by atoms with van der Waals surface area (Å²) in [7, 11) is 4.31. The largest absolute Gasteiger partial charge is 0.493 e. The fourth-order valence-corrected chi connectivity index (χ4v) is 5.54. The second-order valence-corrected chi connectivity index (χ2v) is 11.0. The van der Waals surface area contributed by atoms with E-state index in [9.17, 15) is 0 Å². The highest BCUT2D eigenvalue weighted by molar-refractivity contribution is 5.82. The molecule has 37 heavy (non-hydrogen) atoms. The van der Waals surface area contributed by atoms with Crippen LogP contribution in [0.25, 0.3) is 0 Å². The van der Waals surface area contributed by atoms with Gasteiger partial charge < -0.3 is 14.5 Å². The Balaban J connectivity index is 1.70. The lowest BCUT2D eigenvalue weighted by atomic mass is 9.93. The van der Waals surface area contributed by atoms with E-state index in [-0.39, 0.29) is 0 Å². The van der Waals surface area contributed by atoms with Crippen LogP contribution >= 0.6 is 0 Å². The molecule has 204 valence electrons. The molecule has 2 unspecified atom stereocenters. The fraction of sp³-hybridized carbons (Fsp3) is 0.594. The normalized spacial score (nSPS) is 20.0. The van der Waals surface area contributed by atoms with Crippen LogP contribution in [-0.4, -0.2) is 79.9 Å². The average Bonchev–Trinajstić information content (AvgIpc) is 3.51. The number of hydrogen-bond donors (Lipinski definition) is 0. The molecule has 1 aromatic rings. The Morgan fingerprint density at radius 1 is 1.22 bits per heavy atom. The zero-order chi connectivity index (χ0) is 26.6. The summed E-state index contributed by atoms with van der Waals surface area (Å²) >= 11 is 0. The van der Waals surface area contributed by atoms with Crippen LogP contribution in [0.1, 0.15) is 69.4 Å². The van der Waals surface area contributed by atoms with E-state index < -0.39 is 0 Å². The van der Waals surface area contributed by atoms with Crippen molar-refractivity contribution in [3.63, 3.8) is 0 Å². The number of hydrogen-bond acceptors (Lipinski definition) is 5. The van der Waals surface area contributed by atoms with E-state index >= 15 is 0 Å². The molecule has 0 aliphatic carbocycles. The lowest BCUT2D eigenvalue weighted by molar-refractivity contribution is 0.223. The molecule has 1 fully saturated rings. The standard InChI is InChI=1S/C32H50N4O/c1-7-9-17-33-26(3)12-14-31-23-30(28-13-15-32-29(22-28)16-21-37-32)25-36(31)24-27(4)35(19-10-8-2)20-11-18-34(5)6/h7,9,13,15,17,22,30-31H,1,4,8,10-12,14,16,18-21,23-25H2,2-3,5-6H3/b17-9-,33-26?. The molecule has 1 aromatic carbocycles. The Bertz CT molecular complexity index is 935. The van der Waals surface area contributed by atoms with Gasteiger partial charge in [-0.3, -0.25) is 9.89 Å². The van der Waals surface area contributed by atoms with Crippen molar-refractivity contribution in [3.05, 3.63) is 66.5 Å². The van der Waals surface area contributed by atoms with E-state index in [2.05, 4.69) is 79.0 Å². The van der Waals surface area contributed by atoms with Gasteiger partial charge in [0.2, 0.25) is 0 Å². The second kappa shape index (κ2) is 15.1. The lowest BCUT2D eigenvalue weighted by Crippen LogP contribution is -2.37. The molecular weight excluding hydrogens is 456 g/mol. The maximum atomic E-state index is 5.77. The van der Waals surface area contributed by atoms with Crippen molar-refractivity contribution in [2.45, 2.75) is 70.8 Å². The summed E-state index contributed by atoms with van der Waals surface area (Å²) in [6, 6.07) is 7.43. The molecule has 5 heteroatoms. The number of ether oxygens (including phenoxy) is 1. The number of fused-ring (bicyclic) bond motifs is 1. The van der Waals surface area contributed by atoms with Crippen molar-refractivity contribution < 1.29 is 4.74 Å². The molecule has 5 nitrogen and oxygen atoms in total. The highest BCUT2D eigenvalue weighted by Crippen LogP contribution is 2.37. The first-order valence-corrected chi connectivity index (χ1v) is 14.3. The summed E-state index contributed by atoms with van der Waals surface area (Å²) in [6.07, 6.45) is 13.5. The highest BCUT2D eigenvalue weighted by atomic mass is 16.5. The topological polar surface area (TPSA) is 31.3 Å². The SMILES string of the molecule is C=C/C=C\N=C(C)CCC1CC(c2ccc3c(c2)CCO3)CN1CC(=C)N(CCCC)CCCN(C)C. The van der Waals surface area contributed by atoms with E-state index in [4.69, 9.17) is 4.74 Å². The van der Waals surface area contributed by atoms with Gasteiger partial charge in [0.05, 0.1) is 6.61 Å². The number of unbranched alkanes of at least 4 members (excludes halogenated alkanes) is 1. The van der Waals surface area contributed by atoms with Gasteiger partial charge in [0.15, 0.2) is 0 Å². The van der Waals surface area contributed by atoms with Crippen molar-refractivity contribution >= 4 is 5.71 Å². The van der Waals surface area contributed by atoms with E-state index in [1.807, 2.05) is 12.3 Å². The Hall–Kier alpha value is -2.37. The van der Waals surface area contributed by atoms with Crippen LogP contribution < -0.4 is 4.74 Å². The van der Waals surface area contributed by atoms with Crippen LogP contribution in [0.4, 0.5) is 0 Å². The first-order chi connectivity index (χ1) is 17.9. The van der Waals surface area contributed by atoms with Crippen LogP contribution in [0.15, 0.2) is 60.4 Å². The molecule has 0 bridgehead atoms. The van der Waals surface area contributed by atoms with Gasteiger partial charge in [0.1, 0.15) is 5.75 Å². The third-order valence-corrected chi connectivity index (χ3v) is 7.72. The van der Waals surface area contributed by atoms with Gasteiger partial charge in [-0.15, -0.1) is 0 Å². The lowest BCUT2D eigenvalue weighted by Gasteiger charge is -2.32. The predicted molar refractivity (Wildman–Crippen MR) is 159 cm³/mol. The molecular formula is C32H50N4O. The fourth-order valence-electron chi connectivity index (χ4n) is 5.54. The molecule has 2 aliphatic rings. The van der Waals surface area contributed by atoms with Crippen molar-refractivity contribution in [2.24, 2.45) is 4.99 Å². The van der Waals surface area contributed by atoms with Gasteiger partial charge in [0.25, 0.3) is 0 Å². The van der Waals surface area contributed by atoms with Crippen molar-refractivity contribution in [1.29, 1.82) is 0 Å². The van der Waals surface area contributed by atoms with Gasteiger partial charge in [-0.25, -0.2) is 0 Å². The highest BCUT2D eigenvalue weighted by Gasteiger charge is 2.34. The molecule has 0 spiro atoms. The molecule has 2 aliphatic heterocycles. The summed E-state index contributed by atoms with van der Waals surface area (Å²) in [5, 5.41) is 0. The maximum Gasteiger partial charge on any atom is 0.122 e. The van der Waals surface area contributed by atoms with E-state index in [0.717, 1.165) is 64.3 Å². The van der Waals surface area contributed by atoms with E-state index in [1.54, 1.807) is 6.08 Å². The van der Waals surface area contributed by atoms with Crippen LogP contribution in [0, 0.1) is 0 Å². The molecule has 0 amide bonds. The summed E-state index contributed by atoms with van der Waals surface area (Å²) in [6.45, 7) is 18.9. The van der Waals surface area contributed by atoms with Crippen LogP contribution in [0.3, 0.4) is 0 Å². The number of allylic oxidation sites excluding steroid dienone is 2. The van der Waals surface area contributed by atoms with E-state index in [0.29, 0.717) is 12.0 Å². The number of aliphatic imine (C=N–C) groups is 1. The summed E-state index contributed by atoms with van der Waals surface area (Å²) in [4.78, 5) is 12.1. The third kappa shape index (κ3) is 9.15. The van der Waals surface area contributed by atoms with Crippen LogP contribution in [-0.2, 0) is 6.42 Å². The predicted octanol–water partition coefficient (Wildman–Crippen LogP) is 6.29. The zero-order valence-electron chi connectivity index (χ0n) is 23.9. The summed E-state index contributed by atoms with van der Waals surface area (Å²) in [5.74, 6) is 1.63. The molecule has 0 saturated carbocycles. The molecule has 0 N–H and O–H groups in total. The van der Waals surface area contributed by atoms with Crippen molar-refractivity contribution in [1.82, 2.24) is 14.7 Å². The number of nitrogens with zero attached hydrogens (tertiary/aromatic N) is 4. The third-order valence-electron chi connectivity index (χ3n) is 7.72. The minimum absolute atomic E-state index is 0.537. The maximum absolute atomic E-state index is 5.77. The van der Waals surface area contributed by atoms with Crippen LogP contribution in [0.2, 0.25) is 0 Å². The van der Waals surface area contributed by atoms with E-state index in [1.165, 1.54) is 48.2 Å². The van der Waals surface area contributed by atoms with Gasteiger partial charge in [-0.2, -0.15) is 0 Å².